The zero-order chi connectivity index (χ0) is 15.6. The summed E-state index contributed by atoms with van der Waals surface area (Å²) < 4.78 is 5.76. The van der Waals surface area contributed by atoms with Crippen molar-refractivity contribution in [3.63, 3.8) is 0 Å². The second-order valence-electron chi connectivity index (χ2n) is 5.88. The molecule has 0 radical (unpaired) electrons. The predicted molar refractivity (Wildman–Crippen MR) is 80.8 cm³/mol. The standard InChI is InChI=1S/C16H18N2O3/c1-11-9-10-13(18(19)20)15(17-11)21-14-8-6-5-7-12(14)16(2,3)4/h5-10H,1-4H3. The Labute approximate surface area is 123 Å². The van der Waals surface area contributed by atoms with Crippen LogP contribution in [0.15, 0.2) is 36.4 Å². The number of para-hydroxylation sites is 1. The van der Waals surface area contributed by atoms with Crippen molar-refractivity contribution in [1.82, 2.24) is 4.98 Å². The first kappa shape index (κ1) is 15.0. The van der Waals surface area contributed by atoms with Crippen molar-refractivity contribution in [3.8, 4) is 11.6 Å². The molecule has 0 saturated carbocycles. The lowest BCUT2D eigenvalue weighted by Crippen LogP contribution is -2.12. The van der Waals surface area contributed by atoms with Gasteiger partial charge in [0.05, 0.1) is 4.92 Å². The van der Waals surface area contributed by atoms with Gasteiger partial charge in [-0.15, -0.1) is 0 Å². The summed E-state index contributed by atoms with van der Waals surface area (Å²) in [5.74, 6) is 0.614. The van der Waals surface area contributed by atoms with Gasteiger partial charge in [-0.2, -0.15) is 0 Å². The Balaban J connectivity index is 2.49. The highest BCUT2D eigenvalue weighted by Crippen LogP contribution is 2.36. The summed E-state index contributed by atoms with van der Waals surface area (Å²) in [6.45, 7) is 7.96. The Morgan fingerprint density at radius 3 is 2.43 bits per heavy atom. The number of pyridine rings is 1. The summed E-state index contributed by atoms with van der Waals surface area (Å²) in [7, 11) is 0. The molecule has 0 aliphatic rings. The van der Waals surface area contributed by atoms with E-state index in [1.165, 1.54) is 6.07 Å². The van der Waals surface area contributed by atoms with Gasteiger partial charge in [0.2, 0.25) is 0 Å². The molecule has 0 aliphatic heterocycles. The fraction of sp³-hybridized carbons (Fsp3) is 0.312. The Kier molecular flexibility index (Phi) is 3.93. The van der Waals surface area contributed by atoms with Crippen LogP contribution < -0.4 is 4.74 Å². The van der Waals surface area contributed by atoms with Crippen LogP contribution in [-0.2, 0) is 5.41 Å². The molecule has 2 aromatic rings. The van der Waals surface area contributed by atoms with Crippen molar-refractivity contribution in [3.05, 3.63) is 57.8 Å². The summed E-state index contributed by atoms with van der Waals surface area (Å²) in [5.41, 5.74) is 1.38. The molecule has 0 saturated heterocycles. The fourth-order valence-electron chi connectivity index (χ4n) is 2.02. The molecule has 5 heteroatoms. The minimum Gasteiger partial charge on any atom is -0.433 e. The van der Waals surface area contributed by atoms with Crippen molar-refractivity contribution in [2.75, 3.05) is 0 Å². The summed E-state index contributed by atoms with van der Waals surface area (Å²) in [4.78, 5) is 14.8. The summed E-state index contributed by atoms with van der Waals surface area (Å²) >= 11 is 0. The van der Waals surface area contributed by atoms with E-state index < -0.39 is 4.92 Å². The second kappa shape index (κ2) is 5.52. The number of nitrogens with zero attached hydrogens (tertiary/aromatic N) is 2. The molecule has 1 aromatic carbocycles. The molecule has 2 rings (SSSR count). The maximum atomic E-state index is 11.1. The van der Waals surface area contributed by atoms with Gasteiger partial charge in [-0.05, 0) is 24.5 Å². The maximum absolute atomic E-state index is 11.1. The molecule has 0 N–H and O–H groups in total. The van der Waals surface area contributed by atoms with E-state index in [0.29, 0.717) is 11.4 Å². The molecule has 21 heavy (non-hydrogen) atoms. The number of hydrogen-bond donors (Lipinski definition) is 0. The van der Waals surface area contributed by atoms with Gasteiger partial charge in [-0.1, -0.05) is 39.0 Å². The molecule has 0 spiro atoms. The number of benzene rings is 1. The summed E-state index contributed by atoms with van der Waals surface area (Å²) in [5, 5.41) is 11.1. The van der Waals surface area contributed by atoms with E-state index in [4.69, 9.17) is 4.74 Å². The first-order valence-electron chi connectivity index (χ1n) is 6.68. The molecule has 0 amide bonds. The molecule has 0 aliphatic carbocycles. The van der Waals surface area contributed by atoms with Crippen molar-refractivity contribution in [2.45, 2.75) is 33.1 Å². The van der Waals surface area contributed by atoms with E-state index in [1.807, 2.05) is 18.2 Å². The molecule has 0 fully saturated rings. The summed E-state index contributed by atoms with van der Waals surface area (Å²) in [6.07, 6.45) is 0. The normalized spacial score (nSPS) is 11.2. The molecule has 0 atom stereocenters. The Hall–Kier alpha value is -2.43. The van der Waals surface area contributed by atoms with Gasteiger partial charge in [0.25, 0.3) is 5.88 Å². The van der Waals surface area contributed by atoms with Crippen LogP contribution in [0, 0.1) is 17.0 Å². The Bertz CT molecular complexity index is 675. The van der Waals surface area contributed by atoms with E-state index >= 15 is 0 Å². The van der Waals surface area contributed by atoms with Gasteiger partial charge < -0.3 is 4.74 Å². The van der Waals surface area contributed by atoms with Crippen molar-refractivity contribution in [1.29, 1.82) is 0 Å². The Morgan fingerprint density at radius 1 is 1.14 bits per heavy atom. The third-order valence-corrected chi connectivity index (χ3v) is 3.08. The minimum absolute atomic E-state index is 0.0247. The first-order valence-corrected chi connectivity index (χ1v) is 6.68. The first-order chi connectivity index (χ1) is 9.79. The average molecular weight is 286 g/mol. The SMILES string of the molecule is Cc1ccc([N+](=O)[O-])c(Oc2ccccc2C(C)(C)C)n1. The molecule has 0 bridgehead atoms. The number of aromatic nitrogens is 1. The average Bonchev–Trinajstić information content (AvgIpc) is 2.37. The van der Waals surface area contributed by atoms with Gasteiger partial charge in [-0.3, -0.25) is 10.1 Å². The van der Waals surface area contributed by atoms with Crippen LogP contribution in [0.2, 0.25) is 0 Å². The zero-order valence-corrected chi connectivity index (χ0v) is 12.6. The van der Waals surface area contributed by atoms with Gasteiger partial charge in [0.1, 0.15) is 5.75 Å². The number of hydrogen-bond acceptors (Lipinski definition) is 4. The van der Waals surface area contributed by atoms with Crippen LogP contribution in [0.3, 0.4) is 0 Å². The molecular formula is C16H18N2O3. The third kappa shape index (κ3) is 3.37. The minimum atomic E-state index is -0.485. The van der Waals surface area contributed by atoms with Crippen LogP contribution in [-0.4, -0.2) is 9.91 Å². The van der Waals surface area contributed by atoms with Crippen LogP contribution in [0.5, 0.6) is 11.6 Å². The molecule has 110 valence electrons. The third-order valence-electron chi connectivity index (χ3n) is 3.08. The number of rotatable bonds is 3. The van der Waals surface area contributed by atoms with E-state index in [9.17, 15) is 10.1 Å². The van der Waals surface area contributed by atoms with Crippen molar-refractivity contribution < 1.29 is 9.66 Å². The monoisotopic (exact) mass is 286 g/mol. The van der Waals surface area contributed by atoms with Crippen LogP contribution in [0.25, 0.3) is 0 Å². The lowest BCUT2D eigenvalue weighted by Gasteiger charge is -2.22. The number of nitro groups is 1. The molecule has 0 unspecified atom stereocenters. The molecule has 1 heterocycles. The van der Waals surface area contributed by atoms with Crippen LogP contribution in [0.4, 0.5) is 5.69 Å². The number of aryl methyl sites for hydroxylation is 1. The highest BCUT2D eigenvalue weighted by atomic mass is 16.6. The van der Waals surface area contributed by atoms with Crippen LogP contribution in [0.1, 0.15) is 32.0 Å². The maximum Gasteiger partial charge on any atom is 0.331 e. The Morgan fingerprint density at radius 2 is 1.81 bits per heavy atom. The fourth-order valence-corrected chi connectivity index (χ4v) is 2.02. The molecular weight excluding hydrogens is 268 g/mol. The molecule has 5 nitrogen and oxygen atoms in total. The predicted octanol–water partition coefficient (Wildman–Crippen LogP) is 4.39. The van der Waals surface area contributed by atoms with Crippen molar-refractivity contribution >= 4 is 5.69 Å². The highest BCUT2D eigenvalue weighted by Gasteiger charge is 2.22. The van der Waals surface area contributed by atoms with E-state index in [2.05, 4.69) is 25.8 Å². The lowest BCUT2D eigenvalue weighted by atomic mass is 9.86. The second-order valence-corrected chi connectivity index (χ2v) is 5.88. The van der Waals surface area contributed by atoms with E-state index in [1.54, 1.807) is 19.1 Å². The number of ether oxygens (including phenoxy) is 1. The van der Waals surface area contributed by atoms with Crippen molar-refractivity contribution in [2.24, 2.45) is 0 Å². The van der Waals surface area contributed by atoms with Gasteiger partial charge >= 0.3 is 5.69 Å². The van der Waals surface area contributed by atoms with Gasteiger partial charge in [-0.25, -0.2) is 4.98 Å². The summed E-state index contributed by atoms with van der Waals surface area (Å²) in [6, 6.07) is 10.5. The zero-order valence-electron chi connectivity index (χ0n) is 12.6. The topological polar surface area (TPSA) is 65.3 Å². The van der Waals surface area contributed by atoms with E-state index in [-0.39, 0.29) is 17.0 Å². The van der Waals surface area contributed by atoms with E-state index in [0.717, 1.165) is 5.56 Å². The van der Waals surface area contributed by atoms with Gasteiger partial charge in [0, 0.05) is 17.3 Å². The lowest BCUT2D eigenvalue weighted by molar-refractivity contribution is -0.386. The van der Waals surface area contributed by atoms with Gasteiger partial charge in [0.15, 0.2) is 0 Å². The molecule has 1 aromatic heterocycles. The largest absolute Gasteiger partial charge is 0.433 e. The highest BCUT2D eigenvalue weighted by molar-refractivity contribution is 5.47. The quantitative estimate of drug-likeness (QED) is 0.620. The smallest absolute Gasteiger partial charge is 0.331 e. The van der Waals surface area contributed by atoms with Crippen LogP contribution >= 0.6 is 0 Å².